The molecular formula is C24H30N4OS. The van der Waals surface area contributed by atoms with E-state index in [1.165, 1.54) is 42.8 Å². The minimum Gasteiger partial charge on any atom is -0.366 e. The molecule has 5 nitrogen and oxygen atoms in total. The lowest BCUT2D eigenvalue weighted by Crippen LogP contribution is -2.30. The third-order valence-electron chi connectivity index (χ3n) is 6.63. The molecule has 0 radical (unpaired) electrons. The number of fused-ring (bicyclic) bond motifs is 1. The maximum absolute atomic E-state index is 11.9. The molecule has 2 aromatic carbocycles. The number of rotatable bonds is 7. The van der Waals surface area contributed by atoms with E-state index in [1.54, 1.807) is 0 Å². The van der Waals surface area contributed by atoms with Gasteiger partial charge in [0.1, 0.15) is 5.52 Å². The van der Waals surface area contributed by atoms with E-state index in [-0.39, 0.29) is 5.91 Å². The Kier molecular flexibility index (Phi) is 6.44. The molecule has 4 rings (SSSR count). The maximum Gasteiger partial charge on any atom is 0.249 e. The predicted molar refractivity (Wildman–Crippen MR) is 123 cm³/mol. The number of carbonyl (C=O) groups is 1. The second kappa shape index (κ2) is 9.23. The highest BCUT2D eigenvalue weighted by Gasteiger charge is 2.30. The zero-order valence-electron chi connectivity index (χ0n) is 17.8. The summed E-state index contributed by atoms with van der Waals surface area (Å²) in [6, 6.07) is 15.1. The van der Waals surface area contributed by atoms with Crippen LogP contribution in [0.4, 0.5) is 0 Å². The summed E-state index contributed by atoms with van der Waals surface area (Å²) < 4.78 is 5.09. The number of benzene rings is 2. The molecule has 1 fully saturated rings. The molecule has 0 aliphatic heterocycles. The van der Waals surface area contributed by atoms with Gasteiger partial charge >= 0.3 is 0 Å². The number of primary amides is 1. The van der Waals surface area contributed by atoms with Gasteiger partial charge in [-0.3, -0.25) is 4.79 Å². The minimum atomic E-state index is -0.375. The molecule has 6 heteroatoms. The fourth-order valence-electron chi connectivity index (χ4n) is 5.17. The molecular weight excluding hydrogens is 392 g/mol. The molecule has 1 amide bonds. The molecule has 2 N–H and O–H groups in total. The van der Waals surface area contributed by atoms with E-state index in [0.717, 1.165) is 28.6 Å². The van der Waals surface area contributed by atoms with Crippen LogP contribution in [0.25, 0.3) is 10.2 Å². The lowest BCUT2D eigenvalue weighted by atomic mass is 9.74. The largest absolute Gasteiger partial charge is 0.366 e. The normalized spacial score (nSPS) is 20.5. The van der Waals surface area contributed by atoms with Gasteiger partial charge in [0.2, 0.25) is 5.91 Å². The van der Waals surface area contributed by atoms with Crippen LogP contribution in [0.2, 0.25) is 0 Å². The Balaban J connectivity index is 1.41. The highest BCUT2D eigenvalue weighted by molar-refractivity contribution is 7.12. The Morgan fingerprint density at radius 1 is 1.13 bits per heavy atom. The van der Waals surface area contributed by atoms with E-state index in [1.807, 2.05) is 12.1 Å². The van der Waals surface area contributed by atoms with Crippen molar-refractivity contribution in [2.75, 3.05) is 14.1 Å². The van der Waals surface area contributed by atoms with Crippen LogP contribution >= 0.6 is 11.5 Å². The second-order valence-electron chi connectivity index (χ2n) is 8.71. The highest BCUT2D eigenvalue weighted by Crippen LogP contribution is 2.40. The van der Waals surface area contributed by atoms with Crippen molar-refractivity contribution >= 4 is 27.7 Å². The summed E-state index contributed by atoms with van der Waals surface area (Å²) in [6.07, 6.45) is 6.87. The van der Waals surface area contributed by atoms with Crippen molar-refractivity contribution in [1.82, 2.24) is 14.5 Å². The van der Waals surface area contributed by atoms with Crippen molar-refractivity contribution in [2.24, 2.45) is 17.6 Å². The van der Waals surface area contributed by atoms with Gasteiger partial charge < -0.3 is 10.6 Å². The molecule has 1 aromatic heterocycles. The summed E-state index contributed by atoms with van der Waals surface area (Å²) in [4.78, 5) is 14.3. The van der Waals surface area contributed by atoms with Crippen molar-refractivity contribution in [3.8, 4) is 0 Å². The first-order chi connectivity index (χ1) is 14.5. The van der Waals surface area contributed by atoms with Crippen molar-refractivity contribution in [3.63, 3.8) is 0 Å². The van der Waals surface area contributed by atoms with Crippen LogP contribution < -0.4 is 5.73 Å². The maximum atomic E-state index is 11.9. The summed E-state index contributed by atoms with van der Waals surface area (Å²) in [6.45, 7) is 0. The summed E-state index contributed by atoms with van der Waals surface area (Å²) in [5, 5.41) is 4.27. The first-order valence-corrected chi connectivity index (χ1v) is 11.6. The quantitative estimate of drug-likeness (QED) is 0.592. The smallest absolute Gasteiger partial charge is 0.249 e. The van der Waals surface area contributed by atoms with E-state index in [4.69, 9.17) is 5.73 Å². The molecule has 3 aromatic rings. The number of aromatic nitrogens is 2. The number of amides is 1. The molecule has 1 saturated carbocycles. The van der Waals surface area contributed by atoms with Crippen molar-refractivity contribution in [2.45, 2.75) is 44.6 Å². The van der Waals surface area contributed by atoms with Gasteiger partial charge in [0.05, 0.1) is 4.70 Å². The Morgan fingerprint density at radius 2 is 1.87 bits per heavy atom. The molecule has 0 bridgehead atoms. The molecule has 30 heavy (non-hydrogen) atoms. The van der Waals surface area contributed by atoms with Crippen LogP contribution in [-0.2, 0) is 6.42 Å². The fourth-order valence-corrected chi connectivity index (χ4v) is 5.76. The lowest BCUT2D eigenvalue weighted by Gasteiger charge is -2.37. The van der Waals surface area contributed by atoms with E-state index in [2.05, 4.69) is 58.9 Å². The monoisotopic (exact) mass is 422 g/mol. The molecule has 0 spiro atoms. The topological polar surface area (TPSA) is 72.1 Å². The lowest BCUT2D eigenvalue weighted by molar-refractivity contribution is 0.0999. The number of hydrogen-bond donors (Lipinski definition) is 1. The second-order valence-corrected chi connectivity index (χ2v) is 9.50. The van der Waals surface area contributed by atoms with Crippen LogP contribution in [0.15, 0.2) is 42.5 Å². The highest BCUT2D eigenvalue weighted by atomic mass is 32.1. The van der Waals surface area contributed by atoms with E-state index >= 15 is 0 Å². The third kappa shape index (κ3) is 4.40. The van der Waals surface area contributed by atoms with Crippen molar-refractivity contribution in [3.05, 3.63) is 59.2 Å². The van der Waals surface area contributed by atoms with Gasteiger partial charge in [-0.1, -0.05) is 47.7 Å². The molecule has 1 heterocycles. The summed E-state index contributed by atoms with van der Waals surface area (Å²) in [5.41, 5.74) is 9.47. The van der Waals surface area contributed by atoms with Crippen molar-refractivity contribution < 1.29 is 4.79 Å². The van der Waals surface area contributed by atoms with Gasteiger partial charge in [-0.05, 0) is 86.4 Å². The Hall–Kier alpha value is -2.31. The average molecular weight is 423 g/mol. The first-order valence-electron chi connectivity index (χ1n) is 10.8. The van der Waals surface area contributed by atoms with E-state index < -0.39 is 0 Å². The number of aryl methyl sites for hydroxylation is 1. The molecule has 1 aliphatic carbocycles. The molecule has 1 aliphatic rings. The van der Waals surface area contributed by atoms with Gasteiger partial charge in [-0.25, -0.2) is 0 Å². The molecule has 1 unspecified atom stereocenters. The first kappa shape index (κ1) is 20.9. The zero-order chi connectivity index (χ0) is 21.1. The van der Waals surface area contributed by atoms with Gasteiger partial charge in [0.15, 0.2) is 0 Å². The van der Waals surface area contributed by atoms with Gasteiger partial charge in [0, 0.05) is 11.6 Å². The Labute approximate surface area is 182 Å². The number of carbonyl (C=O) groups excluding carboxylic acids is 1. The molecule has 158 valence electrons. The SMILES string of the molecule is CN(C)C(c1ccccc1)C1CCC(CCc2c(C(N)=O)ccc3snnc23)CC1. The average Bonchev–Trinajstić information content (AvgIpc) is 3.22. The number of hydrogen-bond acceptors (Lipinski definition) is 5. The number of nitrogens with zero attached hydrogens (tertiary/aromatic N) is 3. The number of nitrogens with two attached hydrogens (primary N) is 1. The van der Waals surface area contributed by atoms with Crippen LogP contribution in [0.3, 0.4) is 0 Å². The Morgan fingerprint density at radius 3 is 2.53 bits per heavy atom. The van der Waals surface area contributed by atoms with Crippen LogP contribution in [0.1, 0.15) is 59.6 Å². The fraction of sp³-hybridized carbons (Fsp3) is 0.458. The van der Waals surface area contributed by atoms with E-state index in [0.29, 0.717) is 23.4 Å². The summed E-state index contributed by atoms with van der Waals surface area (Å²) in [7, 11) is 4.38. The van der Waals surface area contributed by atoms with Gasteiger partial charge in [-0.2, -0.15) is 0 Å². The third-order valence-corrected chi connectivity index (χ3v) is 7.32. The van der Waals surface area contributed by atoms with Crippen LogP contribution in [0.5, 0.6) is 0 Å². The van der Waals surface area contributed by atoms with Crippen molar-refractivity contribution in [1.29, 1.82) is 0 Å². The Bertz CT molecular complexity index is 993. The molecule has 1 atom stereocenters. The van der Waals surface area contributed by atoms with Crippen LogP contribution in [0, 0.1) is 11.8 Å². The van der Waals surface area contributed by atoms with Gasteiger partial charge in [0.25, 0.3) is 0 Å². The predicted octanol–water partition coefficient (Wildman–Crippen LogP) is 4.83. The van der Waals surface area contributed by atoms with E-state index in [9.17, 15) is 4.79 Å². The van der Waals surface area contributed by atoms with Crippen LogP contribution in [-0.4, -0.2) is 34.5 Å². The van der Waals surface area contributed by atoms with Gasteiger partial charge in [-0.15, -0.1) is 5.10 Å². The molecule has 0 saturated heterocycles. The zero-order valence-corrected chi connectivity index (χ0v) is 18.6. The standard InChI is InChI=1S/C24H30N4OS/c1-28(2)23(17-6-4-3-5-7-17)18-11-8-16(9-12-18)10-13-19-20(24(25)29)14-15-21-22(19)26-27-30-21/h3-7,14-16,18,23H,8-13H2,1-2H3,(H2,25,29). The minimum absolute atomic E-state index is 0.375. The summed E-state index contributed by atoms with van der Waals surface area (Å²) in [5.74, 6) is 0.994. The summed E-state index contributed by atoms with van der Waals surface area (Å²) >= 11 is 1.37.